The largest absolute Gasteiger partial charge is 0.481 e. The fourth-order valence-electron chi connectivity index (χ4n) is 2.80. The van der Waals surface area contributed by atoms with Crippen molar-refractivity contribution in [1.82, 2.24) is 14.7 Å². The molecule has 1 N–H and O–H groups in total. The molecule has 0 radical (unpaired) electrons. The van der Waals surface area contributed by atoms with Crippen LogP contribution in [0.1, 0.15) is 17.3 Å². The van der Waals surface area contributed by atoms with Crippen LogP contribution in [-0.2, 0) is 4.79 Å². The molecule has 1 aromatic heterocycles. The molecule has 3 rings (SSSR count). The number of hydrogen-bond donors (Lipinski definition) is 1. The summed E-state index contributed by atoms with van der Waals surface area (Å²) in [4.78, 5) is 25.3. The van der Waals surface area contributed by atoms with E-state index in [-0.39, 0.29) is 18.4 Å². The van der Waals surface area contributed by atoms with Crippen molar-refractivity contribution in [2.24, 2.45) is 11.8 Å². The fourth-order valence-corrected chi connectivity index (χ4v) is 2.93. The maximum absolute atomic E-state index is 12.5. The zero-order chi connectivity index (χ0) is 16.6. The first kappa shape index (κ1) is 15.6. The van der Waals surface area contributed by atoms with Crippen LogP contribution in [-0.4, -0.2) is 44.8 Å². The quantitative estimate of drug-likeness (QED) is 0.935. The van der Waals surface area contributed by atoms with Crippen LogP contribution in [0.2, 0.25) is 5.02 Å². The highest BCUT2D eigenvalue weighted by Gasteiger charge is 2.37. The molecule has 1 aromatic carbocycles. The SMILES string of the molecule is C[C@@H]1CN(C(=O)c2cnn(-c3ccc(Cl)cc3)c2)C[C@H]1C(=O)O. The normalized spacial score (nSPS) is 20.7. The second-order valence-corrected chi connectivity index (χ2v) is 6.22. The van der Waals surface area contributed by atoms with E-state index in [1.807, 2.05) is 19.1 Å². The van der Waals surface area contributed by atoms with Gasteiger partial charge in [-0.3, -0.25) is 9.59 Å². The van der Waals surface area contributed by atoms with Gasteiger partial charge in [0.2, 0.25) is 0 Å². The van der Waals surface area contributed by atoms with Gasteiger partial charge in [0.25, 0.3) is 5.91 Å². The molecule has 0 saturated carbocycles. The maximum Gasteiger partial charge on any atom is 0.308 e. The molecule has 23 heavy (non-hydrogen) atoms. The third kappa shape index (κ3) is 3.07. The van der Waals surface area contributed by atoms with Gasteiger partial charge in [0.1, 0.15) is 0 Å². The van der Waals surface area contributed by atoms with E-state index in [4.69, 9.17) is 16.7 Å². The van der Waals surface area contributed by atoms with Crippen LogP contribution < -0.4 is 0 Å². The number of nitrogens with zero attached hydrogens (tertiary/aromatic N) is 3. The topological polar surface area (TPSA) is 75.4 Å². The van der Waals surface area contributed by atoms with Crippen molar-refractivity contribution < 1.29 is 14.7 Å². The molecule has 1 aliphatic heterocycles. The van der Waals surface area contributed by atoms with Crippen molar-refractivity contribution in [1.29, 1.82) is 0 Å². The van der Waals surface area contributed by atoms with Gasteiger partial charge >= 0.3 is 5.97 Å². The molecule has 7 heteroatoms. The number of halogens is 1. The number of benzene rings is 1. The lowest BCUT2D eigenvalue weighted by Crippen LogP contribution is -2.29. The smallest absolute Gasteiger partial charge is 0.308 e. The summed E-state index contributed by atoms with van der Waals surface area (Å²) < 4.78 is 1.59. The van der Waals surface area contributed by atoms with Crippen molar-refractivity contribution in [3.63, 3.8) is 0 Å². The highest BCUT2D eigenvalue weighted by Crippen LogP contribution is 2.25. The van der Waals surface area contributed by atoms with E-state index in [0.29, 0.717) is 17.1 Å². The van der Waals surface area contributed by atoms with E-state index >= 15 is 0 Å². The Bertz CT molecular complexity index is 741. The number of amides is 1. The Balaban J connectivity index is 1.77. The second-order valence-electron chi connectivity index (χ2n) is 5.78. The summed E-state index contributed by atoms with van der Waals surface area (Å²) >= 11 is 5.86. The summed E-state index contributed by atoms with van der Waals surface area (Å²) in [7, 11) is 0. The maximum atomic E-state index is 12.5. The first-order valence-corrected chi connectivity index (χ1v) is 7.66. The number of carbonyl (C=O) groups is 2. The molecule has 2 atom stereocenters. The van der Waals surface area contributed by atoms with Gasteiger partial charge in [-0.15, -0.1) is 0 Å². The average molecular weight is 334 g/mol. The van der Waals surface area contributed by atoms with Gasteiger partial charge in [-0.1, -0.05) is 18.5 Å². The third-order valence-corrected chi connectivity index (χ3v) is 4.39. The minimum Gasteiger partial charge on any atom is -0.481 e. The van der Waals surface area contributed by atoms with E-state index in [9.17, 15) is 9.59 Å². The lowest BCUT2D eigenvalue weighted by atomic mass is 9.99. The zero-order valence-corrected chi connectivity index (χ0v) is 13.3. The first-order valence-electron chi connectivity index (χ1n) is 7.28. The predicted octanol–water partition coefficient (Wildman–Crippen LogP) is 2.32. The van der Waals surface area contributed by atoms with Gasteiger partial charge < -0.3 is 10.0 Å². The average Bonchev–Trinajstić information content (AvgIpc) is 3.14. The lowest BCUT2D eigenvalue weighted by molar-refractivity contribution is -0.142. The molecule has 1 fully saturated rings. The van der Waals surface area contributed by atoms with E-state index in [0.717, 1.165) is 5.69 Å². The van der Waals surface area contributed by atoms with Crippen molar-refractivity contribution in [2.75, 3.05) is 13.1 Å². The van der Waals surface area contributed by atoms with Crippen molar-refractivity contribution in [3.05, 3.63) is 47.2 Å². The molecule has 6 nitrogen and oxygen atoms in total. The van der Waals surface area contributed by atoms with Crippen molar-refractivity contribution in [3.8, 4) is 5.69 Å². The molecule has 0 aliphatic carbocycles. The number of aliphatic carboxylic acids is 1. The van der Waals surface area contributed by atoms with Gasteiger partial charge in [0.15, 0.2) is 0 Å². The molecule has 120 valence electrons. The lowest BCUT2D eigenvalue weighted by Gasteiger charge is -2.14. The molecular formula is C16H16ClN3O3. The Morgan fingerprint density at radius 3 is 2.57 bits per heavy atom. The summed E-state index contributed by atoms with van der Waals surface area (Å²) in [5, 5.41) is 14.0. The summed E-state index contributed by atoms with van der Waals surface area (Å²) in [5.74, 6) is -1.61. The van der Waals surface area contributed by atoms with Crippen LogP contribution in [0.3, 0.4) is 0 Å². The molecule has 0 spiro atoms. The van der Waals surface area contributed by atoms with Crippen LogP contribution >= 0.6 is 11.6 Å². The van der Waals surface area contributed by atoms with Crippen LogP contribution in [0.25, 0.3) is 5.69 Å². The Morgan fingerprint density at radius 1 is 1.26 bits per heavy atom. The first-order chi connectivity index (χ1) is 11.0. The Hall–Kier alpha value is -2.34. The summed E-state index contributed by atoms with van der Waals surface area (Å²) in [6.45, 7) is 2.53. The Morgan fingerprint density at radius 2 is 1.96 bits per heavy atom. The van der Waals surface area contributed by atoms with Crippen molar-refractivity contribution in [2.45, 2.75) is 6.92 Å². The van der Waals surface area contributed by atoms with E-state index < -0.39 is 11.9 Å². The second kappa shape index (κ2) is 6.04. The molecule has 2 aromatic rings. The number of aromatic nitrogens is 2. The number of carbonyl (C=O) groups excluding carboxylic acids is 1. The number of hydrogen-bond acceptors (Lipinski definition) is 3. The number of likely N-dealkylation sites (tertiary alicyclic amines) is 1. The van der Waals surface area contributed by atoms with Gasteiger partial charge in [-0.2, -0.15) is 5.10 Å². The van der Waals surface area contributed by atoms with Crippen LogP contribution in [0.15, 0.2) is 36.7 Å². The van der Waals surface area contributed by atoms with Gasteiger partial charge in [-0.05, 0) is 30.2 Å². The van der Waals surface area contributed by atoms with Gasteiger partial charge in [0.05, 0.1) is 23.4 Å². The monoisotopic (exact) mass is 333 g/mol. The fraction of sp³-hybridized carbons (Fsp3) is 0.312. The highest BCUT2D eigenvalue weighted by atomic mass is 35.5. The van der Waals surface area contributed by atoms with E-state index in [1.54, 1.807) is 27.9 Å². The Kier molecular flexibility index (Phi) is 4.09. The van der Waals surface area contributed by atoms with Crippen LogP contribution in [0.4, 0.5) is 0 Å². The minimum atomic E-state index is -0.857. The summed E-state index contributed by atoms with van der Waals surface area (Å²) in [6.07, 6.45) is 3.14. The Labute approximate surface area is 138 Å². The third-order valence-electron chi connectivity index (χ3n) is 4.14. The number of carboxylic acid groups (broad SMARTS) is 1. The zero-order valence-electron chi connectivity index (χ0n) is 12.5. The van der Waals surface area contributed by atoms with Crippen molar-refractivity contribution >= 4 is 23.5 Å². The molecule has 2 heterocycles. The number of carboxylic acids is 1. The van der Waals surface area contributed by atoms with Crippen LogP contribution in [0.5, 0.6) is 0 Å². The van der Waals surface area contributed by atoms with Gasteiger partial charge in [0, 0.05) is 24.3 Å². The molecule has 0 unspecified atom stereocenters. The van der Waals surface area contributed by atoms with E-state index in [1.165, 1.54) is 6.20 Å². The number of rotatable bonds is 3. The van der Waals surface area contributed by atoms with Gasteiger partial charge in [-0.25, -0.2) is 4.68 Å². The summed E-state index contributed by atoms with van der Waals surface area (Å²) in [5.41, 5.74) is 1.24. The molecule has 1 amide bonds. The molecule has 0 bridgehead atoms. The van der Waals surface area contributed by atoms with Crippen LogP contribution in [0, 0.1) is 11.8 Å². The predicted molar refractivity (Wildman–Crippen MR) is 84.8 cm³/mol. The highest BCUT2D eigenvalue weighted by molar-refractivity contribution is 6.30. The standard InChI is InChI=1S/C16H16ClN3O3/c1-10-7-19(9-14(10)16(22)23)15(21)11-6-18-20(8-11)13-4-2-12(17)3-5-13/h2-6,8,10,14H,7,9H2,1H3,(H,22,23)/t10-,14-/m1/s1. The molecule has 1 saturated heterocycles. The minimum absolute atomic E-state index is 0.0530. The summed E-state index contributed by atoms with van der Waals surface area (Å²) in [6, 6.07) is 7.11. The van der Waals surface area contributed by atoms with E-state index in [2.05, 4.69) is 5.10 Å². The molecule has 1 aliphatic rings. The molecular weight excluding hydrogens is 318 g/mol.